The molecule has 1 saturated carbocycles. The fourth-order valence-electron chi connectivity index (χ4n) is 3.59. The van der Waals surface area contributed by atoms with Gasteiger partial charge in [0.2, 0.25) is 11.8 Å². The molecule has 0 radical (unpaired) electrons. The van der Waals surface area contributed by atoms with Crippen LogP contribution in [0.1, 0.15) is 31.7 Å². The zero-order valence-electron chi connectivity index (χ0n) is 12.0. The number of amides is 2. The Morgan fingerprint density at radius 3 is 2.38 bits per heavy atom. The van der Waals surface area contributed by atoms with Gasteiger partial charge in [-0.1, -0.05) is 19.4 Å². The highest BCUT2D eigenvalue weighted by molar-refractivity contribution is 6.05. The van der Waals surface area contributed by atoms with E-state index in [0.29, 0.717) is 5.92 Å². The van der Waals surface area contributed by atoms with Crippen molar-refractivity contribution in [3.05, 3.63) is 29.6 Å². The van der Waals surface area contributed by atoms with Gasteiger partial charge < -0.3 is 5.73 Å². The predicted octanol–water partition coefficient (Wildman–Crippen LogP) is 2.33. The normalized spacial score (nSPS) is 28.3. The summed E-state index contributed by atoms with van der Waals surface area (Å²) in [5, 5.41) is 0. The number of carbonyl (C=O) groups is 2. The molecule has 0 spiro atoms. The van der Waals surface area contributed by atoms with Crippen molar-refractivity contribution < 1.29 is 14.0 Å². The summed E-state index contributed by atoms with van der Waals surface area (Å²) in [6.07, 6.45) is 2.54. The van der Waals surface area contributed by atoms with Gasteiger partial charge >= 0.3 is 0 Å². The molecule has 2 unspecified atom stereocenters. The Morgan fingerprint density at radius 2 is 1.86 bits per heavy atom. The minimum Gasteiger partial charge on any atom is -0.398 e. The second-order valence-corrected chi connectivity index (χ2v) is 6.03. The Balaban J connectivity index is 1.82. The maximum absolute atomic E-state index is 13.8. The van der Waals surface area contributed by atoms with E-state index in [0.717, 1.165) is 19.3 Å². The van der Waals surface area contributed by atoms with Crippen LogP contribution in [0.3, 0.4) is 0 Å². The van der Waals surface area contributed by atoms with Crippen LogP contribution in [0.4, 0.5) is 10.1 Å². The van der Waals surface area contributed by atoms with E-state index in [-0.39, 0.29) is 41.4 Å². The van der Waals surface area contributed by atoms with Crippen LogP contribution in [0, 0.1) is 23.6 Å². The van der Waals surface area contributed by atoms with E-state index in [2.05, 4.69) is 6.92 Å². The maximum Gasteiger partial charge on any atom is 0.233 e. The lowest BCUT2D eigenvalue weighted by Gasteiger charge is -2.18. The van der Waals surface area contributed by atoms with Gasteiger partial charge in [0.15, 0.2) is 0 Å². The van der Waals surface area contributed by atoms with Crippen LogP contribution in [0.2, 0.25) is 0 Å². The number of imide groups is 1. The highest BCUT2D eigenvalue weighted by Crippen LogP contribution is 2.44. The quantitative estimate of drug-likeness (QED) is 0.686. The van der Waals surface area contributed by atoms with E-state index in [1.54, 1.807) is 6.07 Å². The third kappa shape index (κ3) is 2.20. The Labute approximate surface area is 123 Å². The van der Waals surface area contributed by atoms with Gasteiger partial charge in [-0.2, -0.15) is 0 Å². The van der Waals surface area contributed by atoms with E-state index in [1.165, 1.54) is 17.0 Å². The lowest BCUT2D eigenvalue weighted by Crippen LogP contribution is -2.32. The molecule has 4 nitrogen and oxygen atoms in total. The van der Waals surface area contributed by atoms with Gasteiger partial charge in [0.05, 0.1) is 18.4 Å². The van der Waals surface area contributed by atoms with Crippen LogP contribution in [0.15, 0.2) is 18.2 Å². The summed E-state index contributed by atoms with van der Waals surface area (Å²) in [7, 11) is 0. The number of rotatable bonds is 3. The number of nitrogens with zero attached hydrogens (tertiary/aromatic N) is 1. The van der Waals surface area contributed by atoms with Crippen LogP contribution in [-0.4, -0.2) is 16.7 Å². The molecule has 21 heavy (non-hydrogen) atoms. The van der Waals surface area contributed by atoms with E-state index in [9.17, 15) is 14.0 Å². The molecule has 2 fully saturated rings. The molecule has 2 atom stereocenters. The minimum atomic E-state index is -0.473. The molecular weight excluding hydrogens is 271 g/mol. The first-order valence-electron chi connectivity index (χ1n) is 7.41. The molecule has 1 aromatic rings. The van der Waals surface area contributed by atoms with Crippen molar-refractivity contribution in [2.24, 2.45) is 17.8 Å². The summed E-state index contributed by atoms with van der Waals surface area (Å²) in [6, 6.07) is 4.39. The molecule has 1 aliphatic heterocycles. The van der Waals surface area contributed by atoms with Crippen molar-refractivity contribution >= 4 is 17.5 Å². The van der Waals surface area contributed by atoms with Crippen molar-refractivity contribution in [2.75, 3.05) is 5.73 Å². The number of likely N-dealkylation sites (tertiary alicyclic amines) is 1. The van der Waals surface area contributed by atoms with Gasteiger partial charge in [0.1, 0.15) is 5.82 Å². The van der Waals surface area contributed by atoms with E-state index in [4.69, 9.17) is 5.73 Å². The SMILES string of the molecule is CCC1CC2C(=O)N(Cc3c(N)cccc3F)C(=O)C2C1. The number of hydrogen-bond donors (Lipinski definition) is 1. The molecule has 1 aromatic carbocycles. The number of halogens is 1. The van der Waals surface area contributed by atoms with Gasteiger partial charge in [-0.05, 0) is 30.9 Å². The topological polar surface area (TPSA) is 63.4 Å². The van der Waals surface area contributed by atoms with Crippen molar-refractivity contribution in [2.45, 2.75) is 32.7 Å². The number of nitrogen functional groups attached to an aromatic ring is 1. The van der Waals surface area contributed by atoms with Crippen LogP contribution in [0.5, 0.6) is 0 Å². The van der Waals surface area contributed by atoms with Crippen LogP contribution in [0.25, 0.3) is 0 Å². The molecule has 2 aliphatic rings. The van der Waals surface area contributed by atoms with Gasteiger partial charge in [-0.15, -0.1) is 0 Å². The first-order chi connectivity index (χ1) is 10.0. The lowest BCUT2D eigenvalue weighted by molar-refractivity contribution is -0.141. The van der Waals surface area contributed by atoms with Gasteiger partial charge in [0.25, 0.3) is 0 Å². The maximum atomic E-state index is 13.8. The average molecular weight is 290 g/mol. The van der Waals surface area contributed by atoms with Crippen LogP contribution < -0.4 is 5.73 Å². The van der Waals surface area contributed by atoms with Crippen LogP contribution in [-0.2, 0) is 16.1 Å². The Kier molecular flexibility index (Phi) is 3.43. The summed E-state index contributed by atoms with van der Waals surface area (Å²) in [6.45, 7) is 2.03. The summed E-state index contributed by atoms with van der Waals surface area (Å²) < 4.78 is 13.8. The second kappa shape index (κ2) is 5.13. The number of carbonyl (C=O) groups excluding carboxylic acids is 2. The zero-order chi connectivity index (χ0) is 15.1. The lowest BCUT2D eigenvalue weighted by atomic mass is 10.00. The number of benzene rings is 1. The molecule has 2 amide bonds. The van der Waals surface area contributed by atoms with Crippen molar-refractivity contribution in [3.63, 3.8) is 0 Å². The van der Waals surface area contributed by atoms with Crippen molar-refractivity contribution in [1.29, 1.82) is 0 Å². The summed E-state index contributed by atoms with van der Waals surface area (Å²) in [5.41, 5.74) is 6.27. The predicted molar refractivity (Wildman–Crippen MR) is 76.4 cm³/mol. The Morgan fingerprint density at radius 1 is 1.24 bits per heavy atom. The molecule has 0 bridgehead atoms. The third-order valence-corrected chi connectivity index (χ3v) is 4.88. The van der Waals surface area contributed by atoms with E-state index < -0.39 is 5.82 Å². The second-order valence-electron chi connectivity index (χ2n) is 6.03. The average Bonchev–Trinajstić information content (AvgIpc) is 2.97. The molecule has 1 aliphatic carbocycles. The highest BCUT2D eigenvalue weighted by Gasteiger charge is 2.52. The molecule has 112 valence electrons. The molecule has 5 heteroatoms. The standard InChI is InChI=1S/C16H19FN2O2/c1-2-9-6-10-11(7-9)16(21)19(15(10)20)8-12-13(17)4-3-5-14(12)18/h3-5,9-11H,2,6-8,18H2,1H3. The highest BCUT2D eigenvalue weighted by atomic mass is 19.1. The first kappa shape index (κ1) is 14.0. The summed E-state index contributed by atoms with van der Waals surface area (Å²) >= 11 is 0. The smallest absolute Gasteiger partial charge is 0.233 e. The summed E-state index contributed by atoms with van der Waals surface area (Å²) in [5.74, 6) is -0.772. The molecular formula is C16H19FN2O2. The molecule has 2 N–H and O–H groups in total. The number of fused-ring (bicyclic) bond motifs is 1. The number of hydrogen-bond acceptors (Lipinski definition) is 3. The van der Waals surface area contributed by atoms with E-state index >= 15 is 0 Å². The molecule has 0 aromatic heterocycles. The van der Waals surface area contributed by atoms with Crippen LogP contribution >= 0.6 is 0 Å². The summed E-state index contributed by atoms with van der Waals surface area (Å²) in [4.78, 5) is 26.0. The first-order valence-corrected chi connectivity index (χ1v) is 7.41. The molecule has 3 rings (SSSR count). The van der Waals surface area contributed by atoms with E-state index in [1.807, 2.05) is 0 Å². The minimum absolute atomic E-state index is 0.0556. The Hall–Kier alpha value is -1.91. The third-order valence-electron chi connectivity index (χ3n) is 4.88. The number of anilines is 1. The van der Waals surface area contributed by atoms with Crippen molar-refractivity contribution in [3.8, 4) is 0 Å². The van der Waals surface area contributed by atoms with Crippen molar-refractivity contribution in [1.82, 2.24) is 4.90 Å². The number of nitrogens with two attached hydrogens (primary N) is 1. The van der Waals surface area contributed by atoms with Gasteiger partial charge in [-0.3, -0.25) is 14.5 Å². The monoisotopic (exact) mass is 290 g/mol. The molecule has 1 heterocycles. The zero-order valence-corrected chi connectivity index (χ0v) is 12.0. The Bertz CT molecular complexity index is 558. The fraction of sp³-hybridized carbons (Fsp3) is 0.500. The largest absolute Gasteiger partial charge is 0.398 e. The van der Waals surface area contributed by atoms with Gasteiger partial charge in [-0.25, -0.2) is 4.39 Å². The molecule has 1 saturated heterocycles. The van der Waals surface area contributed by atoms with Gasteiger partial charge in [0, 0.05) is 11.3 Å². The fourth-order valence-corrected chi connectivity index (χ4v) is 3.59.